The highest BCUT2D eigenvalue weighted by Gasteiger charge is 2.30. The molecule has 1 heteroatoms. The van der Waals surface area contributed by atoms with E-state index in [2.05, 4.69) is 50.4 Å². The van der Waals surface area contributed by atoms with Gasteiger partial charge in [-0.1, -0.05) is 64.3 Å². The first kappa shape index (κ1) is 15.6. The first-order valence-electron chi connectivity index (χ1n) is 8.61. The number of rotatable bonds is 9. The Morgan fingerprint density at radius 1 is 1.20 bits per heavy atom. The van der Waals surface area contributed by atoms with Crippen molar-refractivity contribution in [2.24, 2.45) is 5.92 Å². The fourth-order valence-corrected chi connectivity index (χ4v) is 3.74. The molecule has 0 aliphatic heterocycles. The Labute approximate surface area is 125 Å². The summed E-state index contributed by atoms with van der Waals surface area (Å²) in [5.74, 6) is 1.65. The molecule has 0 saturated heterocycles. The van der Waals surface area contributed by atoms with Crippen LogP contribution in [0.5, 0.6) is 0 Å². The maximum atomic E-state index is 3.77. The Bertz CT molecular complexity index is 399. The minimum Gasteiger partial charge on any atom is -0.314 e. The molecule has 1 nitrogen and oxygen atoms in total. The predicted octanol–water partition coefficient (Wildman–Crippen LogP) is 4.91. The van der Waals surface area contributed by atoms with Crippen LogP contribution in [0.3, 0.4) is 0 Å². The van der Waals surface area contributed by atoms with E-state index < -0.39 is 0 Å². The molecule has 0 aromatic heterocycles. The summed E-state index contributed by atoms with van der Waals surface area (Å²) >= 11 is 0. The van der Waals surface area contributed by atoms with E-state index in [1.807, 2.05) is 0 Å². The highest BCUT2D eigenvalue weighted by Crippen LogP contribution is 2.39. The van der Waals surface area contributed by atoms with Crippen LogP contribution >= 0.6 is 0 Å². The van der Waals surface area contributed by atoms with Crippen LogP contribution in [-0.4, -0.2) is 12.6 Å². The van der Waals surface area contributed by atoms with Crippen LogP contribution in [0.25, 0.3) is 0 Å². The lowest BCUT2D eigenvalue weighted by atomic mass is 9.72. The molecule has 0 amide bonds. The fourth-order valence-electron chi connectivity index (χ4n) is 3.74. The van der Waals surface area contributed by atoms with Gasteiger partial charge in [0.1, 0.15) is 0 Å². The highest BCUT2D eigenvalue weighted by atomic mass is 14.9. The molecule has 1 aromatic carbocycles. The van der Waals surface area contributed by atoms with Gasteiger partial charge < -0.3 is 5.32 Å². The van der Waals surface area contributed by atoms with Crippen molar-refractivity contribution >= 4 is 0 Å². The quantitative estimate of drug-likeness (QED) is 0.674. The summed E-state index contributed by atoms with van der Waals surface area (Å²) in [5, 5.41) is 3.77. The van der Waals surface area contributed by atoms with Crippen molar-refractivity contribution in [3.05, 3.63) is 35.4 Å². The number of unbranched alkanes of at least 4 members (excludes halogenated alkanes) is 1. The number of hydrogen-bond donors (Lipinski definition) is 1. The monoisotopic (exact) mass is 273 g/mol. The molecule has 0 spiro atoms. The van der Waals surface area contributed by atoms with E-state index in [0.717, 1.165) is 18.4 Å². The van der Waals surface area contributed by atoms with Gasteiger partial charge in [-0.15, -0.1) is 0 Å². The van der Waals surface area contributed by atoms with Gasteiger partial charge in [0, 0.05) is 6.04 Å². The standard InChI is InChI=1S/C19H31N/c1-4-7-10-15(5-2)19(20-6-3)14-17-13-16-11-8-9-12-18(16)17/h8-9,11-12,15,17,19-20H,4-7,10,13-14H2,1-3H3. The van der Waals surface area contributed by atoms with Gasteiger partial charge >= 0.3 is 0 Å². The molecule has 0 fully saturated rings. The first-order valence-corrected chi connectivity index (χ1v) is 8.61. The van der Waals surface area contributed by atoms with E-state index in [9.17, 15) is 0 Å². The second-order valence-corrected chi connectivity index (χ2v) is 6.31. The molecule has 1 aliphatic rings. The van der Waals surface area contributed by atoms with Gasteiger partial charge in [-0.25, -0.2) is 0 Å². The fraction of sp³-hybridized carbons (Fsp3) is 0.684. The van der Waals surface area contributed by atoms with Gasteiger partial charge in [0.2, 0.25) is 0 Å². The Morgan fingerprint density at radius 3 is 2.65 bits per heavy atom. The summed E-state index contributed by atoms with van der Waals surface area (Å²) in [5.41, 5.74) is 3.19. The molecular weight excluding hydrogens is 242 g/mol. The Hall–Kier alpha value is -0.820. The maximum Gasteiger partial charge on any atom is 0.0101 e. The first-order chi connectivity index (χ1) is 9.80. The SMILES string of the molecule is CCCCC(CC)C(CC1Cc2ccccc21)NCC. The summed E-state index contributed by atoms with van der Waals surface area (Å²) < 4.78 is 0. The number of hydrogen-bond acceptors (Lipinski definition) is 1. The molecule has 1 N–H and O–H groups in total. The van der Waals surface area contributed by atoms with Gasteiger partial charge in [-0.3, -0.25) is 0 Å². The molecule has 0 bridgehead atoms. The average Bonchev–Trinajstić information content (AvgIpc) is 2.45. The summed E-state index contributed by atoms with van der Waals surface area (Å²) in [7, 11) is 0. The highest BCUT2D eigenvalue weighted by molar-refractivity contribution is 5.39. The van der Waals surface area contributed by atoms with Crippen molar-refractivity contribution in [1.29, 1.82) is 0 Å². The summed E-state index contributed by atoms with van der Waals surface area (Å²) in [6.07, 6.45) is 8.02. The normalized spacial score (nSPS) is 20.1. The van der Waals surface area contributed by atoms with E-state index in [4.69, 9.17) is 0 Å². The van der Waals surface area contributed by atoms with E-state index in [-0.39, 0.29) is 0 Å². The van der Waals surface area contributed by atoms with E-state index in [0.29, 0.717) is 6.04 Å². The molecule has 0 saturated carbocycles. The lowest BCUT2D eigenvalue weighted by Crippen LogP contribution is -2.39. The van der Waals surface area contributed by atoms with Crippen molar-refractivity contribution < 1.29 is 0 Å². The molecule has 0 radical (unpaired) electrons. The van der Waals surface area contributed by atoms with Crippen molar-refractivity contribution in [3.63, 3.8) is 0 Å². The molecule has 112 valence electrons. The van der Waals surface area contributed by atoms with Crippen LogP contribution in [0.15, 0.2) is 24.3 Å². The van der Waals surface area contributed by atoms with Crippen molar-refractivity contribution in [3.8, 4) is 0 Å². The molecule has 3 unspecified atom stereocenters. The zero-order chi connectivity index (χ0) is 14.4. The molecular formula is C19H31N. The van der Waals surface area contributed by atoms with Gasteiger partial charge in [0.15, 0.2) is 0 Å². The summed E-state index contributed by atoms with van der Waals surface area (Å²) in [6.45, 7) is 8.01. The van der Waals surface area contributed by atoms with Crippen LogP contribution in [0.2, 0.25) is 0 Å². The summed E-state index contributed by atoms with van der Waals surface area (Å²) in [6, 6.07) is 9.70. The zero-order valence-corrected chi connectivity index (χ0v) is 13.5. The minimum absolute atomic E-state index is 0.704. The van der Waals surface area contributed by atoms with Crippen molar-refractivity contribution in [2.45, 2.75) is 71.3 Å². The molecule has 2 rings (SSSR count). The molecule has 1 aliphatic carbocycles. The van der Waals surface area contributed by atoms with Crippen LogP contribution in [0, 0.1) is 5.92 Å². The van der Waals surface area contributed by atoms with E-state index in [1.165, 1.54) is 38.5 Å². The Balaban J connectivity index is 1.95. The minimum atomic E-state index is 0.704. The third-order valence-corrected chi connectivity index (χ3v) is 4.99. The smallest absolute Gasteiger partial charge is 0.0101 e. The van der Waals surface area contributed by atoms with E-state index >= 15 is 0 Å². The van der Waals surface area contributed by atoms with Gasteiger partial charge in [0.25, 0.3) is 0 Å². The third kappa shape index (κ3) is 3.63. The summed E-state index contributed by atoms with van der Waals surface area (Å²) in [4.78, 5) is 0. The van der Waals surface area contributed by atoms with Gasteiger partial charge in [-0.2, -0.15) is 0 Å². The van der Waals surface area contributed by atoms with Crippen molar-refractivity contribution in [2.75, 3.05) is 6.54 Å². The van der Waals surface area contributed by atoms with Crippen LogP contribution in [0.4, 0.5) is 0 Å². The predicted molar refractivity (Wildman–Crippen MR) is 88.3 cm³/mol. The molecule has 0 heterocycles. The molecule has 1 aromatic rings. The van der Waals surface area contributed by atoms with Crippen LogP contribution < -0.4 is 5.32 Å². The second-order valence-electron chi connectivity index (χ2n) is 6.31. The number of nitrogens with one attached hydrogen (secondary N) is 1. The third-order valence-electron chi connectivity index (χ3n) is 4.99. The zero-order valence-electron chi connectivity index (χ0n) is 13.5. The second kappa shape index (κ2) is 7.83. The lowest BCUT2D eigenvalue weighted by Gasteiger charge is -2.36. The van der Waals surface area contributed by atoms with Crippen LogP contribution in [0.1, 0.15) is 69.9 Å². The largest absolute Gasteiger partial charge is 0.314 e. The molecule has 20 heavy (non-hydrogen) atoms. The average molecular weight is 273 g/mol. The number of fused-ring (bicyclic) bond motifs is 1. The number of benzene rings is 1. The lowest BCUT2D eigenvalue weighted by molar-refractivity contribution is 0.285. The molecule has 3 atom stereocenters. The van der Waals surface area contributed by atoms with E-state index in [1.54, 1.807) is 11.1 Å². The topological polar surface area (TPSA) is 12.0 Å². The Morgan fingerprint density at radius 2 is 2.00 bits per heavy atom. The Kier molecular flexibility index (Phi) is 6.09. The maximum absolute atomic E-state index is 3.77. The van der Waals surface area contributed by atoms with Crippen molar-refractivity contribution in [1.82, 2.24) is 5.32 Å². The van der Waals surface area contributed by atoms with Gasteiger partial charge in [0.05, 0.1) is 0 Å². The van der Waals surface area contributed by atoms with Crippen LogP contribution in [-0.2, 0) is 6.42 Å². The van der Waals surface area contributed by atoms with Gasteiger partial charge in [-0.05, 0) is 48.8 Å².